The van der Waals surface area contributed by atoms with Gasteiger partial charge in [0.15, 0.2) is 12.4 Å². The number of rotatable bonds is 4. The van der Waals surface area contributed by atoms with E-state index in [1.54, 1.807) is 31.3 Å². The summed E-state index contributed by atoms with van der Waals surface area (Å²) in [4.78, 5) is 19.4. The van der Waals surface area contributed by atoms with Crippen LogP contribution in [0.15, 0.2) is 35.3 Å². The Kier molecular flexibility index (Phi) is 5.30. The standard InChI is InChI=1S/C27H28F3N5O3/c1-34-21-7-4-15(32-20-9-22(31-10-19(20)28)35-11-16-5-6-17(12-35)38-16)8-18(21)23-24(26(34)36)37-13-27(29,30)25(33-23)14-2-3-14/h4,7-10,14,16-17,25,33H,2-3,5-6,11-13H2,1H3,(H,31,32)/t16-,17+,25-/m0/s1. The molecule has 3 aliphatic heterocycles. The van der Waals surface area contributed by atoms with Crippen molar-refractivity contribution >= 4 is 33.8 Å². The average Bonchev–Trinajstić information content (AvgIpc) is 3.69. The Bertz CT molecular complexity index is 1480. The third kappa shape index (κ3) is 3.95. The minimum absolute atomic E-state index is 0.126. The first-order valence-electron chi connectivity index (χ1n) is 13.0. The highest BCUT2D eigenvalue weighted by Gasteiger charge is 2.51. The third-order valence-electron chi connectivity index (χ3n) is 8.10. The van der Waals surface area contributed by atoms with Crippen molar-refractivity contribution in [2.75, 3.05) is 35.2 Å². The van der Waals surface area contributed by atoms with Crippen molar-refractivity contribution in [3.63, 3.8) is 0 Å². The van der Waals surface area contributed by atoms with E-state index in [-0.39, 0.29) is 35.3 Å². The summed E-state index contributed by atoms with van der Waals surface area (Å²) >= 11 is 0. The highest BCUT2D eigenvalue weighted by atomic mass is 19.3. The molecule has 1 aromatic carbocycles. The lowest BCUT2D eigenvalue weighted by molar-refractivity contribution is -0.0579. The van der Waals surface area contributed by atoms with Gasteiger partial charge in [-0.25, -0.2) is 18.2 Å². The van der Waals surface area contributed by atoms with E-state index in [2.05, 4.69) is 20.5 Å². The van der Waals surface area contributed by atoms with E-state index in [9.17, 15) is 18.0 Å². The molecule has 3 aromatic rings. The minimum atomic E-state index is -3.12. The van der Waals surface area contributed by atoms with Gasteiger partial charge in [0.1, 0.15) is 5.82 Å². The minimum Gasteiger partial charge on any atom is -0.480 e. The van der Waals surface area contributed by atoms with Crippen LogP contribution < -0.4 is 25.8 Å². The van der Waals surface area contributed by atoms with Gasteiger partial charge in [0, 0.05) is 37.3 Å². The topological polar surface area (TPSA) is 80.7 Å². The SMILES string of the molecule is Cn1c(=O)c2c(c3cc(Nc4cc(N5C[C@H]6CC[C@@H](C5)O6)ncc4F)ccc31)N[C@@H](C1CC1)C(F)(F)CO2. The molecule has 1 aliphatic carbocycles. The first kappa shape index (κ1) is 23.6. The number of nitrogens with one attached hydrogen (secondary N) is 2. The van der Waals surface area contributed by atoms with Crippen LogP contribution in [-0.2, 0) is 11.8 Å². The lowest BCUT2D eigenvalue weighted by atomic mass is 10.0. The molecule has 3 fully saturated rings. The first-order chi connectivity index (χ1) is 18.3. The van der Waals surface area contributed by atoms with Gasteiger partial charge < -0.3 is 29.6 Å². The Morgan fingerprint density at radius 3 is 2.63 bits per heavy atom. The second-order valence-corrected chi connectivity index (χ2v) is 10.8. The third-order valence-corrected chi connectivity index (χ3v) is 8.10. The summed E-state index contributed by atoms with van der Waals surface area (Å²) in [5.74, 6) is -3.28. The maximum atomic E-state index is 14.9. The molecule has 38 heavy (non-hydrogen) atoms. The van der Waals surface area contributed by atoms with Crippen LogP contribution in [0.2, 0.25) is 0 Å². The van der Waals surface area contributed by atoms with E-state index in [1.165, 1.54) is 10.8 Å². The molecule has 7 rings (SSSR count). The molecule has 0 radical (unpaired) electrons. The summed E-state index contributed by atoms with van der Waals surface area (Å²) in [7, 11) is 1.58. The zero-order valence-corrected chi connectivity index (χ0v) is 20.8. The number of hydrogen-bond donors (Lipinski definition) is 2. The summed E-state index contributed by atoms with van der Waals surface area (Å²) < 4.78 is 57.4. The molecular formula is C27H28F3N5O3. The number of aromatic nitrogens is 2. The molecule has 0 unspecified atom stereocenters. The van der Waals surface area contributed by atoms with E-state index in [0.717, 1.165) is 12.8 Å². The van der Waals surface area contributed by atoms with Gasteiger partial charge in [-0.15, -0.1) is 0 Å². The molecule has 11 heteroatoms. The number of fused-ring (bicyclic) bond motifs is 5. The van der Waals surface area contributed by atoms with Crippen molar-refractivity contribution < 1.29 is 22.6 Å². The lowest BCUT2D eigenvalue weighted by Crippen LogP contribution is -2.44. The van der Waals surface area contributed by atoms with Gasteiger partial charge in [0.05, 0.1) is 41.3 Å². The van der Waals surface area contributed by atoms with E-state index >= 15 is 0 Å². The van der Waals surface area contributed by atoms with Crippen molar-refractivity contribution in [2.45, 2.75) is 49.9 Å². The second-order valence-electron chi connectivity index (χ2n) is 10.8. The monoisotopic (exact) mass is 527 g/mol. The lowest BCUT2D eigenvalue weighted by Gasteiger charge is -2.33. The fourth-order valence-corrected chi connectivity index (χ4v) is 5.94. The fraction of sp³-hybridized carbons (Fsp3) is 0.481. The molecule has 2 saturated heterocycles. The first-order valence-corrected chi connectivity index (χ1v) is 13.0. The van der Waals surface area contributed by atoms with Crippen LogP contribution in [0.1, 0.15) is 25.7 Å². The van der Waals surface area contributed by atoms with Gasteiger partial charge in [0.25, 0.3) is 5.56 Å². The largest absolute Gasteiger partial charge is 0.480 e. The van der Waals surface area contributed by atoms with Crippen LogP contribution in [-0.4, -0.2) is 53.4 Å². The van der Waals surface area contributed by atoms with Gasteiger partial charge in [-0.3, -0.25) is 4.79 Å². The van der Waals surface area contributed by atoms with Crippen molar-refractivity contribution in [1.29, 1.82) is 0 Å². The highest BCUT2D eigenvalue weighted by molar-refractivity contribution is 5.97. The number of anilines is 4. The number of alkyl halides is 2. The normalized spacial score (nSPS) is 25.9. The molecule has 5 heterocycles. The summed E-state index contributed by atoms with van der Waals surface area (Å²) in [5, 5.41) is 6.63. The number of ether oxygens (including phenoxy) is 2. The van der Waals surface area contributed by atoms with Crippen LogP contribution in [0, 0.1) is 11.7 Å². The zero-order chi connectivity index (χ0) is 26.2. The number of nitrogens with zero attached hydrogens (tertiary/aromatic N) is 3. The number of hydrogen-bond acceptors (Lipinski definition) is 7. The predicted molar refractivity (Wildman–Crippen MR) is 137 cm³/mol. The maximum Gasteiger partial charge on any atom is 0.301 e. The molecule has 4 aliphatic rings. The van der Waals surface area contributed by atoms with Gasteiger partial charge in [-0.05, 0) is 49.8 Å². The highest BCUT2D eigenvalue weighted by Crippen LogP contribution is 2.45. The Labute approximate surface area is 216 Å². The number of benzene rings is 1. The van der Waals surface area contributed by atoms with Crippen LogP contribution in [0.5, 0.6) is 5.75 Å². The van der Waals surface area contributed by atoms with Crippen LogP contribution in [0.25, 0.3) is 10.9 Å². The quantitative estimate of drug-likeness (QED) is 0.521. The number of pyridine rings is 2. The van der Waals surface area contributed by atoms with E-state index in [0.29, 0.717) is 48.3 Å². The van der Waals surface area contributed by atoms with Crippen molar-refractivity contribution in [1.82, 2.24) is 9.55 Å². The van der Waals surface area contributed by atoms with Crippen LogP contribution in [0.3, 0.4) is 0 Å². The molecule has 3 atom stereocenters. The van der Waals surface area contributed by atoms with E-state index in [4.69, 9.17) is 9.47 Å². The molecule has 2 aromatic heterocycles. The molecule has 2 bridgehead atoms. The van der Waals surface area contributed by atoms with Gasteiger partial charge in [-0.2, -0.15) is 0 Å². The summed E-state index contributed by atoms with van der Waals surface area (Å²) in [6.45, 7) is 0.563. The molecule has 0 spiro atoms. The van der Waals surface area contributed by atoms with Gasteiger partial charge >= 0.3 is 5.92 Å². The number of halogens is 3. The fourth-order valence-electron chi connectivity index (χ4n) is 5.94. The molecule has 200 valence electrons. The van der Waals surface area contributed by atoms with Crippen molar-refractivity contribution in [3.8, 4) is 5.75 Å². The summed E-state index contributed by atoms with van der Waals surface area (Å²) in [6.07, 6.45) is 4.97. The Morgan fingerprint density at radius 2 is 1.89 bits per heavy atom. The van der Waals surface area contributed by atoms with E-state index in [1.807, 2.05) is 0 Å². The molecular weight excluding hydrogens is 499 g/mol. The second kappa shape index (κ2) is 8.52. The van der Waals surface area contributed by atoms with Crippen molar-refractivity contribution in [3.05, 3.63) is 46.6 Å². The number of aryl methyl sites for hydroxylation is 1. The Morgan fingerprint density at radius 1 is 1.13 bits per heavy atom. The molecule has 1 saturated carbocycles. The van der Waals surface area contributed by atoms with Crippen LogP contribution >= 0.6 is 0 Å². The maximum absolute atomic E-state index is 14.9. The smallest absolute Gasteiger partial charge is 0.301 e. The molecule has 0 amide bonds. The van der Waals surface area contributed by atoms with E-state index < -0.39 is 29.9 Å². The summed E-state index contributed by atoms with van der Waals surface area (Å²) in [6, 6.07) is 5.73. The Hall–Kier alpha value is -3.47. The predicted octanol–water partition coefficient (Wildman–Crippen LogP) is 4.40. The average molecular weight is 528 g/mol. The van der Waals surface area contributed by atoms with Gasteiger partial charge in [-0.1, -0.05) is 0 Å². The molecule has 2 N–H and O–H groups in total. The van der Waals surface area contributed by atoms with Crippen LogP contribution in [0.4, 0.5) is 36.1 Å². The van der Waals surface area contributed by atoms with Crippen molar-refractivity contribution in [2.24, 2.45) is 13.0 Å². The van der Waals surface area contributed by atoms with Gasteiger partial charge in [0.2, 0.25) is 5.75 Å². The molecule has 8 nitrogen and oxygen atoms in total. The summed E-state index contributed by atoms with van der Waals surface area (Å²) in [5.41, 5.74) is 1.10. The zero-order valence-electron chi connectivity index (χ0n) is 20.8. The number of morpholine rings is 1. The Balaban J connectivity index is 1.26.